The van der Waals surface area contributed by atoms with Gasteiger partial charge in [0.05, 0.1) is 17.8 Å². The average molecular weight is 493 g/mol. The van der Waals surface area contributed by atoms with Crippen molar-refractivity contribution in [2.24, 2.45) is 0 Å². The van der Waals surface area contributed by atoms with Crippen molar-refractivity contribution in [3.8, 4) is 33.8 Å². The first-order valence-corrected chi connectivity index (χ1v) is 12.7. The Balaban J connectivity index is 1.26. The SMILES string of the molecule is C[C@@]12CCC[C@@H](C[C@H](N(c3cnc(-c4ccc(-c5nnc(C#N)s5)cc4O)nn3)C3CC3)[C@@H]1F)N2. The highest BCUT2D eigenvalue weighted by Crippen LogP contribution is 2.43. The zero-order chi connectivity index (χ0) is 24.2. The van der Waals surface area contributed by atoms with Crippen LogP contribution in [-0.4, -0.2) is 60.3 Å². The molecular weight excluding hydrogens is 467 g/mol. The van der Waals surface area contributed by atoms with Crippen LogP contribution in [0.5, 0.6) is 5.75 Å². The van der Waals surface area contributed by atoms with E-state index < -0.39 is 11.7 Å². The van der Waals surface area contributed by atoms with Crippen LogP contribution in [0.3, 0.4) is 0 Å². The highest BCUT2D eigenvalue weighted by Gasteiger charge is 2.52. The van der Waals surface area contributed by atoms with Crippen molar-refractivity contribution in [3.63, 3.8) is 0 Å². The second-order valence-corrected chi connectivity index (χ2v) is 10.9. The molecule has 2 aliphatic heterocycles. The Morgan fingerprint density at radius 2 is 2.09 bits per heavy atom. The van der Waals surface area contributed by atoms with Crippen LogP contribution in [0.1, 0.15) is 50.5 Å². The number of nitrogens with zero attached hydrogens (tertiary/aromatic N) is 7. The summed E-state index contributed by atoms with van der Waals surface area (Å²) >= 11 is 1.15. The molecule has 2 bridgehead atoms. The first-order chi connectivity index (χ1) is 16.9. The molecule has 2 aromatic heterocycles. The maximum absolute atomic E-state index is 15.8. The molecular formula is C24H25FN8OS. The second-order valence-electron chi connectivity index (χ2n) is 9.89. The summed E-state index contributed by atoms with van der Waals surface area (Å²) in [4.78, 5) is 6.60. The Morgan fingerprint density at radius 1 is 1.23 bits per heavy atom. The summed E-state index contributed by atoms with van der Waals surface area (Å²) in [6.45, 7) is 2.00. The van der Waals surface area contributed by atoms with E-state index in [4.69, 9.17) is 5.26 Å². The van der Waals surface area contributed by atoms with Crippen LogP contribution in [0.2, 0.25) is 0 Å². The van der Waals surface area contributed by atoms with Gasteiger partial charge in [-0.2, -0.15) is 5.26 Å². The number of phenolic OH excluding ortho intramolecular Hbond substituents is 1. The number of piperidine rings is 2. The van der Waals surface area contributed by atoms with Crippen LogP contribution in [0, 0.1) is 11.3 Å². The Kier molecular flexibility index (Phi) is 5.38. The number of halogens is 1. The maximum Gasteiger partial charge on any atom is 0.218 e. The standard InChI is InChI=1S/C24H25FN8OS/c1-24-8-2-3-14(28-24)10-17(21(24)25)33(15-5-6-15)19-12-27-22(31-29-19)16-7-4-13(9-18(16)34)23-32-30-20(11-26)35-23/h4,7,9,12,14-15,17,21,28,34H,2-3,5-6,8,10H2,1H3/t14-,17-,21-,24+/m0/s1. The van der Waals surface area contributed by atoms with E-state index in [2.05, 4.69) is 35.6 Å². The number of rotatable bonds is 5. The fourth-order valence-electron chi connectivity index (χ4n) is 5.54. The van der Waals surface area contributed by atoms with E-state index in [9.17, 15) is 5.11 Å². The Hall–Kier alpha value is -3.23. The van der Waals surface area contributed by atoms with Gasteiger partial charge in [-0.1, -0.05) is 17.4 Å². The molecule has 1 saturated carbocycles. The number of anilines is 1. The van der Waals surface area contributed by atoms with E-state index in [0.29, 0.717) is 28.0 Å². The summed E-state index contributed by atoms with van der Waals surface area (Å²) in [5.41, 5.74) is 0.575. The largest absolute Gasteiger partial charge is 0.507 e. The van der Waals surface area contributed by atoms with Crippen molar-refractivity contribution >= 4 is 17.2 Å². The van der Waals surface area contributed by atoms with Gasteiger partial charge in [0.25, 0.3) is 0 Å². The topological polar surface area (TPSA) is 124 Å². The molecule has 0 amide bonds. The summed E-state index contributed by atoms with van der Waals surface area (Å²) in [6.07, 6.45) is 6.40. The van der Waals surface area contributed by atoms with Gasteiger partial charge in [0, 0.05) is 23.2 Å². The molecule has 3 aliphatic rings. The highest BCUT2D eigenvalue weighted by molar-refractivity contribution is 7.15. The molecule has 0 spiro atoms. The summed E-state index contributed by atoms with van der Waals surface area (Å²) in [5, 5.41) is 40.4. The van der Waals surface area contributed by atoms with Crippen LogP contribution in [0.15, 0.2) is 24.4 Å². The first kappa shape index (κ1) is 22.2. The first-order valence-electron chi connectivity index (χ1n) is 11.9. The lowest BCUT2D eigenvalue weighted by Gasteiger charge is -2.52. The van der Waals surface area contributed by atoms with Gasteiger partial charge in [-0.25, -0.2) is 9.37 Å². The van der Waals surface area contributed by atoms with Crippen LogP contribution in [0.4, 0.5) is 10.2 Å². The lowest BCUT2D eigenvalue weighted by atomic mass is 9.73. The molecule has 35 heavy (non-hydrogen) atoms. The number of benzene rings is 1. The molecule has 4 atom stereocenters. The summed E-state index contributed by atoms with van der Waals surface area (Å²) < 4.78 is 15.8. The van der Waals surface area contributed by atoms with Crippen molar-refractivity contribution in [2.75, 3.05) is 4.90 Å². The van der Waals surface area contributed by atoms with Crippen molar-refractivity contribution < 1.29 is 9.50 Å². The van der Waals surface area contributed by atoms with E-state index in [0.717, 1.165) is 49.9 Å². The summed E-state index contributed by atoms with van der Waals surface area (Å²) in [6, 6.07) is 7.30. The van der Waals surface area contributed by atoms with Gasteiger partial charge < -0.3 is 15.3 Å². The van der Waals surface area contributed by atoms with Gasteiger partial charge in [0.2, 0.25) is 5.01 Å². The number of fused-ring (bicyclic) bond motifs is 2. The molecule has 1 aliphatic carbocycles. The van der Waals surface area contributed by atoms with E-state index >= 15 is 4.39 Å². The predicted molar refractivity (Wildman–Crippen MR) is 129 cm³/mol. The van der Waals surface area contributed by atoms with E-state index in [1.54, 1.807) is 24.4 Å². The average Bonchev–Trinajstić information content (AvgIpc) is 3.57. The van der Waals surface area contributed by atoms with Gasteiger partial charge in [-0.15, -0.1) is 20.4 Å². The van der Waals surface area contributed by atoms with Gasteiger partial charge in [-0.05, 0) is 57.6 Å². The smallest absolute Gasteiger partial charge is 0.218 e. The number of aromatic hydroxyl groups is 1. The molecule has 2 saturated heterocycles. The van der Waals surface area contributed by atoms with Crippen molar-refractivity contribution in [2.45, 2.75) is 75.3 Å². The Bertz CT molecular complexity index is 1290. The molecule has 2 N–H and O–H groups in total. The molecule has 11 heteroatoms. The minimum Gasteiger partial charge on any atom is -0.507 e. The molecule has 9 nitrogen and oxygen atoms in total. The lowest BCUT2D eigenvalue weighted by molar-refractivity contribution is 0.0385. The second kappa shape index (κ2) is 8.46. The Morgan fingerprint density at radius 3 is 2.77 bits per heavy atom. The number of alkyl halides is 1. The third-order valence-electron chi connectivity index (χ3n) is 7.37. The maximum atomic E-state index is 15.8. The molecule has 6 rings (SSSR count). The zero-order valence-electron chi connectivity index (χ0n) is 19.2. The Labute approximate surface area is 206 Å². The van der Waals surface area contributed by atoms with Crippen molar-refractivity contribution in [1.82, 2.24) is 30.7 Å². The molecule has 3 fully saturated rings. The quantitative estimate of drug-likeness (QED) is 0.549. The number of phenols is 1. The van der Waals surface area contributed by atoms with Gasteiger partial charge in [0.15, 0.2) is 11.6 Å². The van der Waals surface area contributed by atoms with Gasteiger partial charge in [0.1, 0.15) is 23.0 Å². The molecule has 0 unspecified atom stereocenters. The van der Waals surface area contributed by atoms with Crippen LogP contribution in [-0.2, 0) is 0 Å². The van der Waals surface area contributed by atoms with Crippen LogP contribution < -0.4 is 10.2 Å². The monoisotopic (exact) mass is 492 g/mol. The molecule has 3 aromatic rings. The van der Waals surface area contributed by atoms with E-state index in [1.807, 2.05) is 13.0 Å². The molecule has 4 heterocycles. The van der Waals surface area contributed by atoms with Gasteiger partial charge >= 0.3 is 0 Å². The van der Waals surface area contributed by atoms with Crippen LogP contribution in [0.25, 0.3) is 22.0 Å². The van der Waals surface area contributed by atoms with Crippen molar-refractivity contribution in [3.05, 3.63) is 29.4 Å². The van der Waals surface area contributed by atoms with Crippen LogP contribution >= 0.6 is 11.3 Å². The normalized spacial score (nSPS) is 27.9. The minimum atomic E-state index is -1.00. The summed E-state index contributed by atoms with van der Waals surface area (Å²) in [5.74, 6) is 0.851. The number of aromatic nitrogens is 5. The highest BCUT2D eigenvalue weighted by atomic mass is 32.1. The van der Waals surface area contributed by atoms with Crippen molar-refractivity contribution in [1.29, 1.82) is 5.26 Å². The summed E-state index contributed by atoms with van der Waals surface area (Å²) in [7, 11) is 0. The lowest BCUT2D eigenvalue weighted by Crippen LogP contribution is -2.69. The fourth-order valence-corrected chi connectivity index (χ4v) is 6.18. The fraction of sp³-hybridized carbons (Fsp3) is 0.500. The number of nitrogens with one attached hydrogen (secondary N) is 1. The van der Waals surface area contributed by atoms with E-state index in [1.165, 1.54) is 0 Å². The molecule has 1 aromatic carbocycles. The molecule has 180 valence electrons. The third-order valence-corrected chi connectivity index (χ3v) is 8.25. The minimum absolute atomic E-state index is 0.0206. The zero-order valence-corrected chi connectivity index (χ0v) is 20.0. The molecule has 0 radical (unpaired) electrons. The number of hydrogen-bond donors (Lipinski definition) is 2. The third kappa shape index (κ3) is 4.00. The van der Waals surface area contributed by atoms with Gasteiger partial charge in [-0.3, -0.25) is 0 Å². The number of hydrogen-bond acceptors (Lipinski definition) is 10. The van der Waals surface area contributed by atoms with E-state index in [-0.39, 0.29) is 28.7 Å². The predicted octanol–water partition coefficient (Wildman–Crippen LogP) is 3.61. The number of nitriles is 1.